The van der Waals surface area contributed by atoms with Gasteiger partial charge in [0.2, 0.25) is 0 Å². The van der Waals surface area contributed by atoms with Crippen molar-refractivity contribution in [1.29, 1.82) is 0 Å². The van der Waals surface area contributed by atoms with E-state index in [9.17, 15) is 19.2 Å². The van der Waals surface area contributed by atoms with Crippen molar-refractivity contribution in [3.63, 3.8) is 0 Å². The summed E-state index contributed by atoms with van der Waals surface area (Å²) in [6, 6.07) is 8.06. The number of nitrogens with zero attached hydrogens (tertiary/aromatic N) is 1. The molecule has 1 aromatic rings. The number of carbonyl (C=O) groups excluding carboxylic acids is 4. The zero-order valence-electron chi connectivity index (χ0n) is 14.8. The van der Waals surface area contributed by atoms with Crippen molar-refractivity contribution in [2.24, 2.45) is 5.92 Å². The van der Waals surface area contributed by atoms with Gasteiger partial charge in [-0.15, -0.1) is 5.06 Å². The van der Waals surface area contributed by atoms with Gasteiger partial charge >= 0.3 is 12.1 Å². The molecule has 0 spiro atoms. The molecule has 1 saturated heterocycles. The van der Waals surface area contributed by atoms with E-state index in [1.54, 1.807) is 12.1 Å². The third kappa shape index (κ3) is 5.58. The molecule has 0 bridgehead atoms. The molecule has 1 N–H and O–H groups in total. The number of carbonyl (C=O) groups is 4. The highest BCUT2D eigenvalue weighted by molar-refractivity contribution is 6.01. The number of hydroxylamine groups is 2. The van der Waals surface area contributed by atoms with E-state index in [2.05, 4.69) is 5.32 Å². The van der Waals surface area contributed by atoms with Crippen LogP contribution < -0.4 is 5.32 Å². The molecule has 1 aliphatic rings. The van der Waals surface area contributed by atoms with Crippen LogP contribution in [0.3, 0.4) is 0 Å². The van der Waals surface area contributed by atoms with Crippen LogP contribution in [-0.4, -0.2) is 35.0 Å². The number of imide groups is 1. The molecule has 0 saturated carbocycles. The number of nitrogens with one attached hydrogen (secondary N) is 1. The van der Waals surface area contributed by atoms with E-state index < -0.39 is 29.9 Å². The lowest BCUT2D eigenvalue weighted by Gasteiger charge is -2.21. The Morgan fingerprint density at radius 2 is 1.73 bits per heavy atom. The van der Waals surface area contributed by atoms with Crippen molar-refractivity contribution in [3.05, 3.63) is 35.9 Å². The number of rotatable bonds is 7. The summed E-state index contributed by atoms with van der Waals surface area (Å²) in [5.74, 6) is -1.96. The van der Waals surface area contributed by atoms with Gasteiger partial charge in [-0.05, 0) is 17.9 Å². The highest BCUT2D eigenvalue weighted by Gasteiger charge is 2.35. The van der Waals surface area contributed by atoms with Gasteiger partial charge in [-0.3, -0.25) is 9.59 Å². The lowest BCUT2D eigenvalue weighted by atomic mass is 10.0. The van der Waals surface area contributed by atoms with Crippen LogP contribution >= 0.6 is 0 Å². The quantitative estimate of drug-likeness (QED) is 0.744. The van der Waals surface area contributed by atoms with E-state index in [0.717, 1.165) is 5.56 Å². The Morgan fingerprint density at radius 3 is 2.31 bits per heavy atom. The summed E-state index contributed by atoms with van der Waals surface area (Å²) in [5, 5.41) is 2.90. The standard InChI is InChI=1S/C18H22N2O6/c1-12(2)10-14(17(23)26-20-15(21)8-9-16(20)22)19-18(24)25-11-13-6-4-3-5-7-13/h3-7,12,14H,8-11H2,1-2H3,(H,19,24). The molecule has 0 aliphatic carbocycles. The maximum atomic E-state index is 12.3. The van der Waals surface area contributed by atoms with Crippen molar-refractivity contribution in [2.45, 2.75) is 45.8 Å². The van der Waals surface area contributed by atoms with Gasteiger partial charge in [0.25, 0.3) is 11.8 Å². The number of amides is 3. The van der Waals surface area contributed by atoms with Crippen LogP contribution in [0.1, 0.15) is 38.7 Å². The fourth-order valence-corrected chi connectivity index (χ4v) is 2.40. The van der Waals surface area contributed by atoms with E-state index in [1.807, 2.05) is 32.0 Å². The predicted octanol–water partition coefficient (Wildman–Crippen LogP) is 1.93. The topological polar surface area (TPSA) is 102 Å². The van der Waals surface area contributed by atoms with Crippen LogP contribution in [0, 0.1) is 5.92 Å². The van der Waals surface area contributed by atoms with Crippen LogP contribution in [0.5, 0.6) is 0 Å². The Bertz CT molecular complexity index is 658. The summed E-state index contributed by atoms with van der Waals surface area (Å²) in [6.07, 6.45) is -0.494. The van der Waals surface area contributed by atoms with Gasteiger partial charge in [-0.1, -0.05) is 44.2 Å². The molecule has 26 heavy (non-hydrogen) atoms. The summed E-state index contributed by atoms with van der Waals surface area (Å²) in [4.78, 5) is 52.3. The lowest BCUT2D eigenvalue weighted by Crippen LogP contribution is -2.46. The molecular formula is C18H22N2O6. The number of benzene rings is 1. The van der Waals surface area contributed by atoms with E-state index >= 15 is 0 Å². The maximum absolute atomic E-state index is 12.3. The molecule has 0 aromatic heterocycles. The summed E-state index contributed by atoms with van der Waals surface area (Å²) in [5.41, 5.74) is 0.805. The molecule has 2 rings (SSSR count). The molecular weight excluding hydrogens is 340 g/mol. The van der Waals surface area contributed by atoms with Crippen LogP contribution in [0.4, 0.5) is 4.79 Å². The molecule has 1 heterocycles. The van der Waals surface area contributed by atoms with E-state index in [1.165, 1.54) is 0 Å². The van der Waals surface area contributed by atoms with Crippen LogP contribution in [0.2, 0.25) is 0 Å². The molecule has 8 heteroatoms. The Hall–Kier alpha value is -2.90. The largest absolute Gasteiger partial charge is 0.445 e. The van der Waals surface area contributed by atoms with Gasteiger partial charge in [0, 0.05) is 12.8 Å². The maximum Gasteiger partial charge on any atom is 0.408 e. The summed E-state index contributed by atoms with van der Waals surface area (Å²) >= 11 is 0. The van der Waals surface area contributed by atoms with Gasteiger partial charge in [0.05, 0.1) is 0 Å². The third-order valence-corrected chi connectivity index (χ3v) is 3.68. The predicted molar refractivity (Wildman–Crippen MR) is 90.2 cm³/mol. The average Bonchev–Trinajstić information content (AvgIpc) is 2.92. The lowest BCUT2D eigenvalue weighted by molar-refractivity contribution is -0.199. The zero-order chi connectivity index (χ0) is 19.1. The second-order valence-corrected chi connectivity index (χ2v) is 6.38. The Labute approximate surface area is 151 Å². The second kappa shape index (κ2) is 8.98. The third-order valence-electron chi connectivity index (χ3n) is 3.68. The van der Waals surface area contributed by atoms with Crippen LogP contribution in [0.25, 0.3) is 0 Å². The summed E-state index contributed by atoms with van der Waals surface area (Å²) < 4.78 is 5.10. The highest BCUT2D eigenvalue weighted by atomic mass is 16.7. The fourth-order valence-electron chi connectivity index (χ4n) is 2.40. The van der Waals surface area contributed by atoms with E-state index in [-0.39, 0.29) is 31.8 Å². The number of ether oxygens (including phenoxy) is 1. The second-order valence-electron chi connectivity index (χ2n) is 6.38. The van der Waals surface area contributed by atoms with Crippen molar-refractivity contribution >= 4 is 23.9 Å². The minimum absolute atomic E-state index is 0.00745. The van der Waals surface area contributed by atoms with Gasteiger partial charge in [0.15, 0.2) is 0 Å². The molecule has 1 aromatic carbocycles. The molecule has 1 fully saturated rings. The first kappa shape index (κ1) is 19.4. The molecule has 140 valence electrons. The first-order valence-electron chi connectivity index (χ1n) is 8.41. The van der Waals surface area contributed by atoms with Gasteiger partial charge in [0.1, 0.15) is 12.6 Å². The van der Waals surface area contributed by atoms with E-state index in [0.29, 0.717) is 5.06 Å². The highest BCUT2D eigenvalue weighted by Crippen LogP contribution is 2.15. The minimum Gasteiger partial charge on any atom is -0.445 e. The minimum atomic E-state index is -1.03. The normalized spacial score (nSPS) is 15.1. The molecule has 8 nitrogen and oxygen atoms in total. The molecule has 1 aliphatic heterocycles. The zero-order valence-corrected chi connectivity index (χ0v) is 14.8. The Kier molecular flexibility index (Phi) is 6.71. The van der Waals surface area contributed by atoms with Gasteiger partial charge in [-0.2, -0.15) is 0 Å². The first-order chi connectivity index (χ1) is 12.4. The van der Waals surface area contributed by atoms with Gasteiger partial charge in [-0.25, -0.2) is 9.59 Å². The van der Waals surface area contributed by atoms with Gasteiger partial charge < -0.3 is 14.9 Å². The number of hydrogen-bond donors (Lipinski definition) is 1. The SMILES string of the molecule is CC(C)CC(NC(=O)OCc1ccccc1)C(=O)ON1C(=O)CCC1=O. The average molecular weight is 362 g/mol. The van der Waals surface area contributed by atoms with E-state index in [4.69, 9.17) is 9.57 Å². The monoisotopic (exact) mass is 362 g/mol. The Balaban J connectivity index is 1.92. The smallest absolute Gasteiger partial charge is 0.408 e. The van der Waals surface area contributed by atoms with Crippen molar-refractivity contribution < 1.29 is 28.8 Å². The molecule has 1 atom stereocenters. The molecule has 0 radical (unpaired) electrons. The summed E-state index contributed by atoms with van der Waals surface area (Å²) in [6.45, 7) is 3.78. The van der Waals surface area contributed by atoms with Crippen molar-refractivity contribution in [2.75, 3.05) is 0 Å². The van der Waals surface area contributed by atoms with Crippen molar-refractivity contribution in [3.8, 4) is 0 Å². The Morgan fingerprint density at radius 1 is 1.12 bits per heavy atom. The molecule has 1 unspecified atom stereocenters. The van der Waals surface area contributed by atoms with Crippen LogP contribution in [-0.2, 0) is 30.6 Å². The van der Waals surface area contributed by atoms with Crippen LogP contribution in [0.15, 0.2) is 30.3 Å². The number of hydrogen-bond acceptors (Lipinski definition) is 6. The first-order valence-corrected chi connectivity index (χ1v) is 8.41. The fraction of sp³-hybridized carbons (Fsp3) is 0.444. The molecule has 3 amide bonds. The van der Waals surface area contributed by atoms with Crippen molar-refractivity contribution in [1.82, 2.24) is 10.4 Å². The number of alkyl carbamates (subject to hydrolysis) is 1. The summed E-state index contributed by atoms with van der Waals surface area (Å²) in [7, 11) is 0.